The molecule has 0 bridgehead atoms. The van der Waals surface area contributed by atoms with Gasteiger partial charge in [0.1, 0.15) is 0 Å². The van der Waals surface area contributed by atoms with Crippen LogP contribution in [-0.4, -0.2) is 4.98 Å². The van der Waals surface area contributed by atoms with Gasteiger partial charge in [-0.1, -0.05) is 0 Å². The quantitative estimate of drug-likeness (QED) is 0.318. The molecular weight excluding hydrogens is 417 g/mol. The summed E-state index contributed by atoms with van der Waals surface area (Å²) in [4.78, 5) is 2.97. The monoisotopic (exact) mass is 422 g/mol. The van der Waals surface area contributed by atoms with E-state index < -0.39 is 0 Å². The molecule has 1 N–H and O–H groups in total. The van der Waals surface area contributed by atoms with Gasteiger partial charge in [0.05, 0.1) is 0 Å². The Morgan fingerprint density at radius 2 is 2.00 bits per heavy atom. The first-order valence-electron chi connectivity index (χ1n) is 1.67. The van der Waals surface area contributed by atoms with Crippen molar-refractivity contribution in [2.75, 3.05) is 0 Å². The van der Waals surface area contributed by atoms with Crippen molar-refractivity contribution < 1.29 is 66.3 Å². The molecule has 1 aromatic rings. The Labute approximate surface area is 92.7 Å². The fourth-order valence-corrected chi connectivity index (χ4v) is 0.616. The summed E-state index contributed by atoms with van der Waals surface area (Å²) in [5.41, 5.74) is 0. The van der Waals surface area contributed by atoms with E-state index in [1.807, 2.05) is 18.3 Å². The van der Waals surface area contributed by atoms with Crippen molar-refractivity contribution in [2.45, 2.75) is 0 Å². The molecular formula is C4H4I2NRu. The van der Waals surface area contributed by atoms with Crippen LogP contribution in [0.25, 0.3) is 0 Å². The molecule has 1 aromatic heterocycles. The fraction of sp³-hybridized carbons (Fsp3) is 0. The van der Waals surface area contributed by atoms with Crippen LogP contribution in [0, 0.1) is 0 Å². The second kappa shape index (κ2) is 6.48. The molecule has 1 heterocycles. The number of halogens is 2. The van der Waals surface area contributed by atoms with Gasteiger partial charge in [-0.2, -0.15) is 0 Å². The zero-order chi connectivity index (χ0) is 4.41. The Kier molecular flexibility index (Phi) is 9.79. The molecule has 47 valence electrons. The van der Waals surface area contributed by atoms with Gasteiger partial charge in [0.25, 0.3) is 0 Å². The Morgan fingerprint density at radius 3 is 2.12 bits per heavy atom. The van der Waals surface area contributed by atoms with Crippen molar-refractivity contribution in [3.63, 3.8) is 0 Å². The average molecular weight is 421 g/mol. The van der Waals surface area contributed by atoms with Gasteiger partial charge in [0.15, 0.2) is 0 Å². The van der Waals surface area contributed by atoms with Gasteiger partial charge < -0.3 is 48.0 Å². The first-order chi connectivity index (χ1) is 2.89. The third-order valence-corrected chi connectivity index (χ3v) is 1.09. The van der Waals surface area contributed by atoms with Crippen LogP contribution in [0.15, 0.2) is 18.3 Å². The number of rotatable bonds is 0. The van der Waals surface area contributed by atoms with E-state index in [0.29, 0.717) is 0 Å². The van der Waals surface area contributed by atoms with Crippen LogP contribution in [-0.2, 0) is 18.3 Å². The van der Waals surface area contributed by atoms with Crippen molar-refractivity contribution in [2.24, 2.45) is 0 Å². The van der Waals surface area contributed by atoms with Crippen LogP contribution in [0.3, 0.4) is 0 Å². The van der Waals surface area contributed by atoms with Crippen LogP contribution in [0.2, 0.25) is 0 Å². The maximum atomic E-state index is 2.97. The van der Waals surface area contributed by atoms with E-state index in [1.165, 1.54) is 0 Å². The molecule has 0 unspecified atom stereocenters. The van der Waals surface area contributed by atoms with E-state index in [2.05, 4.69) is 23.3 Å². The Balaban J connectivity index is 0. The molecule has 4 heteroatoms. The topological polar surface area (TPSA) is 15.8 Å². The van der Waals surface area contributed by atoms with Crippen molar-refractivity contribution in [3.05, 3.63) is 18.3 Å². The average Bonchev–Trinajstić information content (AvgIpc) is 1.86. The number of H-pyrrole nitrogens is 1. The number of aromatic nitrogens is 1. The number of aromatic amines is 1. The first kappa shape index (κ1) is 12.1. The molecule has 0 aliphatic carbocycles. The van der Waals surface area contributed by atoms with E-state index in [-0.39, 0.29) is 48.0 Å². The second-order valence-electron chi connectivity index (χ2n) is 1.00. The number of nitrogens with one attached hydrogen (secondary N) is 1. The minimum absolute atomic E-state index is 0. The summed E-state index contributed by atoms with van der Waals surface area (Å²) in [5, 5.41) is 0. The summed E-state index contributed by atoms with van der Waals surface area (Å²) in [6, 6.07) is 3.96. The van der Waals surface area contributed by atoms with Gasteiger partial charge >= 0.3 is 45.9 Å². The number of hydrogen-bond donors (Lipinski definition) is 1. The standard InChI is InChI=1S/C4H4N.2HI.Ru/c1-2-4-5-3-1;;;/h1-3,5H;2*1H;/q;;;+2/p-2. The second-order valence-corrected chi connectivity index (χ2v) is 1.94. The van der Waals surface area contributed by atoms with E-state index >= 15 is 0 Å². The van der Waals surface area contributed by atoms with Gasteiger partial charge in [0, 0.05) is 0 Å². The predicted molar refractivity (Wildman–Crippen MR) is 20.4 cm³/mol. The summed E-state index contributed by atoms with van der Waals surface area (Å²) in [5.74, 6) is 0. The van der Waals surface area contributed by atoms with E-state index in [4.69, 9.17) is 0 Å². The molecule has 0 spiro atoms. The van der Waals surface area contributed by atoms with Crippen molar-refractivity contribution >= 4 is 4.29 Å². The molecule has 0 fully saturated rings. The summed E-state index contributed by atoms with van der Waals surface area (Å²) in [6.45, 7) is 0. The minimum atomic E-state index is 0. The molecule has 0 aromatic carbocycles. The SMILES string of the molecule is [I-].[I-].[Ru+2][c]1ccc[nH]1. The molecule has 1 nitrogen and oxygen atoms in total. The predicted octanol–water partition coefficient (Wildman–Crippen LogP) is -5.81. The third-order valence-electron chi connectivity index (χ3n) is 0.552. The maximum absolute atomic E-state index is 2.97. The number of hydrogen-bond acceptors (Lipinski definition) is 0. The van der Waals surface area contributed by atoms with Gasteiger partial charge in [-0.15, -0.1) is 0 Å². The molecule has 1 rings (SSSR count). The van der Waals surface area contributed by atoms with Crippen LogP contribution >= 0.6 is 0 Å². The molecule has 0 saturated carbocycles. The molecule has 0 atom stereocenters. The molecule has 0 amide bonds. The zero-order valence-electron chi connectivity index (χ0n) is 3.84. The van der Waals surface area contributed by atoms with Gasteiger partial charge in [-0.05, 0) is 0 Å². The van der Waals surface area contributed by atoms with Gasteiger partial charge in [-0.3, -0.25) is 0 Å². The molecule has 0 radical (unpaired) electrons. The van der Waals surface area contributed by atoms with Crippen LogP contribution < -0.4 is 52.2 Å². The summed E-state index contributed by atoms with van der Waals surface area (Å²) in [7, 11) is 0. The summed E-state index contributed by atoms with van der Waals surface area (Å²) >= 11 is 2.48. The Bertz CT molecular complexity index is 118. The normalized spacial score (nSPS) is 6.50. The molecule has 0 aliphatic heterocycles. The first-order valence-corrected chi connectivity index (χ1v) is 2.54. The van der Waals surface area contributed by atoms with Crippen molar-refractivity contribution in [1.29, 1.82) is 0 Å². The van der Waals surface area contributed by atoms with Crippen LogP contribution in [0.4, 0.5) is 0 Å². The van der Waals surface area contributed by atoms with Gasteiger partial charge in [-0.25, -0.2) is 0 Å². The van der Waals surface area contributed by atoms with Gasteiger partial charge in [0.2, 0.25) is 0 Å². The molecule has 0 saturated heterocycles. The summed E-state index contributed by atoms with van der Waals surface area (Å²) < 4.78 is 1.15. The summed E-state index contributed by atoms with van der Waals surface area (Å²) in [6.07, 6.45) is 1.89. The zero-order valence-corrected chi connectivity index (χ0v) is 9.89. The fourth-order valence-electron chi connectivity index (χ4n) is 0.304. The Morgan fingerprint density at radius 1 is 1.38 bits per heavy atom. The van der Waals surface area contributed by atoms with Crippen molar-refractivity contribution in [1.82, 2.24) is 4.98 Å². The molecule has 0 aliphatic rings. The van der Waals surface area contributed by atoms with E-state index in [1.54, 1.807) is 0 Å². The van der Waals surface area contributed by atoms with E-state index in [0.717, 1.165) is 4.29 Å². The van der Waals surface area contributed by atoms with Crippen LogP contribution in [0.5, 0.6) is 0 Å². The van der Waals surface area contributed by atoms with E-state index in [9.17, 15) is 0 Å². The third kappa shape index (κ3) is 4.26. The molecule has 8 heavy (non-hydrogen) atoms. The van der Waals surface area contributed by atoms with Crippen LogP contribution in [0.1, 0.15) is 0 Å². The Hall–Kier alpha value is 1.36. The van der Waals surface area contributed by atoms with Crippen molar-refractivity contribution in [3.8, 4) is 0 Å².